The molecule has 0 radical (unpaired) electrons. The van der Waals surface area contributed by atoms with Crippen molar-refractivity contribution >= 4 is 0 Å². The molecule has 0 aliphatic carbocycles. The van der Waals surface area contributed by atoms with Crippen LogP contribution in [0.4, 0.5) is 0 Å². The van der Waals surface area contributed by atoms with E-state index in [-0.39, 0.29) is 0 Å². The minimum atomic E-state index is 0.320. The number of ether oxygens (including phenoxy) is 2. The lowest BCUT2D eigenvalue weighted by molar-refractivity contribution is -0.128. The van der Waals surface area contributed by atoms with Gasteiger partial charge in [0.2, 0.25) is 0 Å². The third-order valence-corrected chi connectivity index (χ3v) is 2.12. The Morgan fingerprint density at radius 1 is 1.50 bits per heavy atom. The Balaban J connectivity index is 1.47. The van der Waals surface area contributed by atoms with Crippen molar-refractivity contribution in [1.82, 2.24) is 5.32 Å². The molecule has 14 heavy (non-hydrogen) atoms. The summed E-state index contributed by atoms with van der Waals surface area (Å²) in [6, 6.07) is 3.84. The van der Waals surface area contributed by atoms with Crippen molar-refractivity contribution in [3.63, 3.8) is 0 Å². The molecule has 1 aromatic rings. The predicted octanol–water partition coefficient (Wildman–Crippen LogP) is 0.785. The van der Waals surface area contributed by atoms with Crippen molar-refractivity contribution in [2.75, 3.05) is 26.4 Å². The molecule has 1 fully saturated rings. The molecular weight excluding hydrogens is 182 g/mol. The van der Waals surface area contributed by atoms with E-state index >= 15 is 0 Å². The van der Waals surface area contributed by atoms with Gasteiger partial charge in [0.15, 0.2) is 0 Å². The summed E-state index contributed by atoms with van der Waals surface area (Å²) < 4.78 is 15.6. The largest absolute Gasteiger partial charge is 0.468 e. The van der Waals surface area contributed by atoms with E-state index in [2.05, 4.69) is 5.32 Å². The van der Waals surface area contributed by atoms with Crippen molar-refractivity contribution < 1.29 is 13.9 Å². The van der Waals surface area contributed by atoms with E-state index in [1.807, 2.05) is 12.1 Å². The fourth-order valence-electron chi connectivity index (χ4n) is 1.23. The van der Waals surface area contributed by atoms with Gasteiger partial charge in [-0.2, -0.15) is 0 Å². The quantitative estimate of drug-likeness (QED) is 0.684. The molecule has 1 aliphatic heterocycles. The number of nitrogens with one attached hydrogen (secondary N) is 1. The molecule has 0 amide bonds. The normalized spacial score (nSPS) is 16.9. The molecule has 0 saturated carbocycles. The molecule has 0 atom stereocenters. The van der Waals surface area contributed by atoms with Gasteiger partial charge < -0.3 is 19.2 Å². The van der Waals surface area contributed by atoms with Gasteiger partial charge in [-0.05, 0) is 12.1 Å². The zero-order valence-corrected chi connectivity index (χ0v) is 8.07. The van der Waals surface area contributed by atoms with Crippen LogP contribution in [0.1, 0.15) is 5.76 Å². The van der Waals surface area contributed by atoms with Crippen LogP contribution in [0.15, 0.2) is 22.8 Å². The first-order valence-electron chi connectivity index (χ1n) is 4.87. The van der Waals surface area contributed by atoms with Gasteiger partial charge in [0, 0.05) is 6.54 Å². The molecular formula is C10H15NO3. The lowest BCUT2D eigenvalue weighted by atomic mass is 10.3. The molecule has 1 N–H and O–H groups in total. The van der Waals surface area contributed by atoms with Gasteiger partial charge in [-0.3, -0.25) is 0 Å². The zero-order chi connectivity index (χ0) is 9.64. The Morgan fingerprint density at radius 3 is 3.07 bits per heavy atom. The van der Waals surface area contributed by atoms with Crippen LogP contribution in [-0.4, -0.2) is 32.5 Å². The van der Waals surface area contributed by atoms with Crippen molar-refractivity contribution in [1.29, 1.82) is 0 Å². The fraction of sp³-hybridized carbons (Fsp3) is 0.600. The Hall–Kier alpha value is -0.840. The highest BCUT2D eigenvalue weighted by Crippen LogP contribution is 2.04. The lowest BCUT2D eigenvalue weighted by Gasteiger charge is -2.25. The molecule has 2 heterocycles. The second kappa shape index (κ2) is 5.14. The van der Waals surface area contributed by atoms with Crippen LogP contribution in [0.2, 0.25) is 0 Å². The van der Waals surface area contributed by atoms with Gasteiger partial charge in [0.25, 0.3) is 0 Å². The summed E-state index contributed by atoms with van der Waals surface area (Å²) >= 11 is 0. The van der Waals surface area contributed by atoms with Crippen LogP contribution in [0, 0.1) is 0 Å². The first-order chi connectivity index (χ1) is 6.95. The average molecular weight is 197 g/mol. The minimum Gasteiger partial charge on any atom is -0.468 e. The maximum Gasteiger partial charge on any atom is 0.117 e. The summed E-state index contributed by atoms with van der Waals surface area (Å²) in [5.74, 6) is 0.956. The van der Waals surface area contributed by atoms with E-state index < -0.39 is 0 Å². The summed E-state index contributed by atoms with van der Waals surface area (Å²) in [7, 11) is 0. The standard InChI is InChI=1S/C10H15NO3/c1-2-9(13-4-1)6-11-3-5-14-10-7-12-8-10/h1-2,4,10-11H,3,5-8H2. The maximum absolute atomic E-state index is 5.48. The van der Waals surface area contributed by atoms with Crippen molar-refractivity contribution in [2.45, 2.75) is 12.6 Å². The van der Waals surface area contributed by atoms with Gasteiger partial charge in [0.05, 0.1) is 32.6 Å². The average Bonchev–Trinajstić information content (AvgIpc) is 2.60. The molecule has 0 unspecified atom stereocenters. The third-order valence-electron chi connectivity index (χ3n) is 2.12. The molecule has 2 rings (SSSR count). The highest BCUT2D eigenvalue weighted by molar-refractivity contribution is 4.97. The molecule has 0 spiro atoms. The van der Waals surface area contributed by atoms with Crippen LogP contribution in [0.3, 0.4) is 0 Å². The molecule has 4 heteroatoms. The second-order valence-electron chi connectivity index (χ2n) is 3.29. The first-order valence-corrected chi connectivity index (χ1v) is 4.87. The molecule has 0 bridgehead atoms. The maximum atomic E-state index is 5.48. The van der Waals surface area contributed by atoms with Crippen LogP contribution in [-0.2, 0) is 16.0 Å². The minimum absolute atomic E-state index is 0.320. The fourth-order valence-corrected chi connectivity index (χ4v) is 1.23. The van der Waals surface area contributed by atoms with Gasteiger partial charge in [-0.1, -0.05) is 0 Å². The molecule has 1 aromatic heterocycles. The van der Waals surface area contributed by atoms with E-state index in [0.29, 0.717) is 6.10 Å². The summed E-state index contributed by atoms with van der Waals surface area (Å²) in [4.78, 5) is 0. The smallest absolute Gasteiger partial charge is 0.117 e. The van der Waals surface area contributed by atoms with E-state index in [0.717, 1.165) is 38.7 Å². The lowest BCUT2D eigenvalue weighted by Crippen LogP contribution is -2.37. The number of furan rings is 1. The van der Waals surface area contributed by atoms with Crippen LogP contribution in [0.25, 0.3) is 0 Å². The topological polar surface area (TPSA) is 43.6 Å². The Bertz CT molecular complexity index is 244. The SMILES string of the molecule is c1coc(CNCCOC2COC2)c1. The monoisotopic (exact) mass is 197 g/mol. The summed E-state index contributed by atoms with van der Waals surface area (Å²) in [5, 5.41) is 3.23. The van der Waals surface area contributed by atoms with Gasteiger partial charge >= 0.3 is 0 Å². The van der Waals surface area contributed by atoms with Crippen molar-refractivity contribution in [3.8, 4) is 0 Å². The van der Waals surface area contributed by atoms with Crippen LogP contribution < -0.4 is 5.32 Å². The van der Waals surface area contributed by atoms with E-state index in [1.165, 1.54) is 0 Å². The number of hydrogen-bond donors (Lipinski definition) is 1. The van der Waals surface area contributed by atoms with Crippen LogP contribution in [0.5, 0.6) is 0 Å². The van der Waals surface area contributed by atoms with Gasteiger partial charge in [0.1, 0.15) is 11.9 Å². The zero-order valence-electron chi connectivity index (χ0n) is 8.07. The predicted molar refractivity (Wildman–Crippen MR) is 51.0 cm³/mol. The van der Waals surface area contributed by atoms with E-state index in [1.54, 1.807) is 6.26 Å². The van der Waals surface area contributed by atoms with E-state index in [9.17, 15) is 0 Å². The molecule has 4 nitrogen and oxygen atoms in total. The first kappa shape index (κ1) is 9.71. The van der Waals surface area contributed by atoms with Gasteiger partial charge in [-0.25, -0.2) is 0 Å². The molecule has 78 valence electrons. The molecule has 1 saturated heterocycles. The highest BCUT2D eigenvalue weighted by Gasteiger charge is 2.17. The summed E-state index contributed by atoms with van der Waals surface area (Å²) in [6.07, 6.45) is 2.00. The Kier molecular flexibility index (Phi) is 3.57. The summed E-state index contributed by atoms with van der Waals surface area (Å²) in [5.41, 5.74) is 0. The van der Waals surface area contributed by atoms with E-state index in [4.69, 9.17) is 13.9 Å². The number of hydrogen-bond acceptors (Lipinski definition) is 4. The highest BCUT2D eigenvalue weighted by atomic mass is 16.6. The molecule has 1 aliphatic rings. The van der Waals surface area contributed by atoms with Crippen LogP contribution >= 0.6 is 0 Å². The third kappa shape index (κ3) is 2.83. The number of rotatable bonds is 6. The Morgan fingerprint density at radius 2 is 2.43 bits per heavy atom. The van der Waals surface area contributed by atoms with Crippen molar-refractivity contribution in [2.24, 2.45) is 0 Å². The second-order valence-corrected chi connectivity index (χ2v) is 3.29. The Labute approximate surface area is 83.2 Å². The van der Waals surface area contributed by atoms with Crippen molar-refractivity contribution in [3.05, 3.63) is 24.2 Å². The molecule has 0 aromatic carbocycles. The summed E-state index contributed by atoms with van der Waals surface area (Å²) in [6.45, 7) is 3.83. The van der Waals surface area contributed by atoms with Gasteiger partial charge in [-0.15, -0.1) is 0 Å².